The highest BCUT2D eigenvalue weighted by molar-refractivity contribution is 7.90. The van der Waals surface area contributed by atoms with Crippen molar-refractivity contribution in [3.05, 3.63) is 58.4 Å². The van der Waals surface area contributed by atoms with Crippen LogP contribution >= 0.6 is 0 Å². The fourth-order valence-electron chi connectivity index (χ4n) is 2.30. The summed E-state index contributed by atoms with van der Waals surface area (Å²) in [6.07, 6.45) is 4.43. The van der Waals surface area contributed by atoms with Crippen LogP contribution in [0.3, 0.4) is 0 Å². The van der Waals surface area contributed by atoms with Crippen molar-refractivity contribution in [2.75, 3.05) is 18.1 Å². The van der Waals surface area contributed by atoms with E-state index in [1.165, 1.54) is 12.1 Å². The summed E-state index contributed by atoms with van der Waals surface area (Å²) in [7, 11) is -3.60. The molecule has 0 aliphatic rings. The van der Waals surface area contributed by atoms with E-state index in [0.717, 1.165) is 17.9 Å². The number of sulfone groups is 1. The second-order valence-electron chi connectivity index (χ2n) is 6.18. The number of rotatable bonds is 6. The van der Waals surface area contributed by atoms with Crippen molar-refractivity contribution in [1.82, 2.24) is 4.98 Å². The summed E-state index contributed by atoms with van der Waals surface area (Å²) in [5.41, 5.74) is 0.867. The van der Waals surface area contributed by atoms with Gasteiger partial charge < -0.3 is 5.32 Å². The Balaban J connectivity index is 2.31. The Bertz CT molecular complexity index is 849. The van der Waals surface area contributed by atoms with Gasteiger partial charge in [-0.3, -0.25) is 15.1 Å². The minimum atomic E-state index is -3.60. The average Bonchev–Trinajstić information content (AvgIpc) is 2.52. The van der Waals surface area contributed by atoms with Gasteiger partial charge in [0.25, 0.3) is 5.69 Å². The van der Waals surface area contributed by atoms with Gasteiger partial charge in [-0.05, 0) is 23.8 Å². The van der Waals surface area contributed by atoms with Crippen LogP contribution in [0.5, 0.6) is 0 Å². The number of hydrogen-bond donors (Lipinski definition) is 1. The minimum Gasteiger partial charge on any atom is -0.383 e. The largest absolute Gasteiger partial charge is 0.383 e. The molecule has 1 aromatic carbocycles. The molecule has 8 heteroatoms. The summed E-state index contributed by atoms with van der Waals surface area (Å²) in [5.74, 6) is 0. The van der Waals surface area contributed by atoms with Crippen molar-refractivity contribution < 1.29 is 13.3 Å². The van der Waals surface area contributed by atoms with Crippen LogP contribution in [0, 0.1) is 10.1 Å². The molecule has 0 amide bonds. The zero-order valence-corrected chi connectivity index (χ0v) is 14.5. The summed E-state index contributed by atoms with van der Waals surface area (Å²) in [5, 5.41) is 14.0. The Kier molecular flexibility index (Phi) is 4.88. The molecule has 0 bridgehead atoms. The van der Waals surface area contributed by atoms with Gasteiger partial charge >= 0.3 is 0 Å². The highest BCUT2D eigenvalue weighted by Gasteiger charge is 2.23. The molecule has 0 unspecified atom stereocenters. The van der Waals surface area contributed by atoms with E-state index in [1.54, 1.807) is 12.4 Å². The van der Waals surface area contributed by atoms with Crippen LogP contribution < -0.4 is 5.32 Å². The molecule has 1 N–H and O–H groups in total. The first kappa shape index (κ1) is 17.9. The van der Waals surface area contributed by atoms with Crippen molar-refractivity contribution in [3.8, 4) is 0 Å². The highest BCUT2D eigenvalue weighted by Crippen LogP contribution is 2.29. The molecule has 0 aliphatic heterocycles. The lowest BCUT2D eigenvalue weighted by Gasteiger charge is -2.26. The van der Waals surface area contributed by atoms with E-state index in [-0.39, 0.29) is 16.0 Å². The number of benzene rings is 1. The van der Waals surface area contributed by atoms with E-state index in [1.807, 2.05) is 26.0 Å². The molecule has 0 spiro atoms. The van der Waals surface area contributed by atoms with Crippen LogP contribution in [0.25, 0.3) is 0 Å². The van der Waals surface area contributed by atoms with Crippen LogP contribution in [-0.2, 0) is 15.3 Å². The van der Waals surface area contributed by atoms with Crippen LogP contribution in [-0.4, -0.2) is 31.1 Å². The molecule has 1 aromatic heterocycles. The van der Waals surface area contributed by atoms with Gasteiger partial charge in [0.1, 0.15) is 0 Å². The Morgan fingerprint density at radius 2 is 1.83 bits per heavy atom. The Hall–Kier alpha value is -2.48. The molecule has 0 fully saturated rings. The summed E-state index contributed by atoms with van der Waals surface area (Å²) in [6, 6.07) is 7.59. The second-order valence-corrected chi connectivity index (χ2v) is 8.17. The quantitative estimate of drug-likeness (QED) is 0.635. The molecule has 7 nitrogen and oxygen atoms in total. The minimum absolute atomic E-state index is 0.0813. The third-order valence-corrected chi connectivity index (χ3v) is 4.89. The normalized spacial score (nSPS) is 12.0. The summed E-state index contributed by atoms with van der Waals surface area (Å²) in [6.45, 7) is 4.49. The predicted molar refractivity (Wildman–Crippen MR) is 92.0 cm³/mol. The van der Waals surface area contributed by atoms with Gasteiger partial charge in [-0.25, -0.2) is 8.42 Å². The monoisotopic (exact) mass is 349 g/mol. The number of nitrogens with one attached hydrogen (secondary N) is 1. The number of nitrogens with zero attached hydrogens (tertiary/aromatic N) is 2. The molecule has 1 heterocycles. The number of hydrogen-bond acceptors (Lipinski definition) is 6. The Labute approximate surface area is 140 Å². The van der Waals surface area contributed by atoms with Gasteiger partial charge in [-0.15, -0.1) is 0 Å². The second kappa shape index (κ2) is 6.56. The Morgan fingerprint density at radius 1 is 1.21 bits per heavy atom. The zero-order chi connectivity index (χ0) is 18.0. The molecule has 2 aromatic rings. The molecule has 0 saturated carbocycles. The summed E-state index contributed by atoms with van der Waals surface area (Å²) < 4.78 is 23.9. The van der Waals surface area contributed by atoms with Crippen molar-refractivity contribution in [3.63, 3.8) is 0 Å². The van der Waals surface area contributed by atoms with Gasteiger partial charge in [-0.2, -0.15) is 0 Å². The standard InChI is InChI=1S/C16H19N3O4S/c1-16(2,12-6-8-17-9-7-12)11-18-14-5-4-13(19(20)21)10-15(14)24(3,22)23/h4-10,18H,11H2,1-3H3. The summed E-state index contributed by atoms with van der Waals surface area (Å²) >= 11 is 0. The Morgan fingerprint density at radius 3 is 2.38 bits per heavy atom. The fraction of sp³-hybridized carbons (Fsp3) is 0.312. The molecule has 0 radical (unpaired) electrons. The van der Waals surface area contributed by atoms with E-state index >= 15 is 0 Å². The molecule has 2 rings (SSSR count). The SMILES string of the molecule is CC(C)(CNc1ccc([N+](=O)[O-])cc1S(C)(=O)=O)c1ccncc1. The van der Waals surface area contributed by atoms with Crippen LogP contribution in [0.1, 0.15) is 19.4 Å². The average molecular weight is 349 g/mol. The number of pyridine rings is 1. The molecule has 128 valence electrons. The van der Waals surface area contributed by atoms with Crippen LogP contribution in [0.4, 0.5) is 11.4 Å². The fourth-order valence-corrected chi connectivity index (χ4v) is 3.17. The maximum absolute atomic E-state index is 12.0. The molecular formula is C16H19N3O4S. The topological polar surface area (TPSA) is 102 Å². The maximum Gasteiger partial charge on any atom is 0.270 e. The molecule has 0 aliphatic carbocycles. The van der Waals surface area contributed by atoms with Gasteiger partial charge in [-0.1, -0.05) is 13.8 Å². The van der Waals surface area contributed by atoms with Crippen molar-refractivity contribution >= 4 is 21.2 Å². The third kappa shape index (κ3) is 4.08. The van der Waals surface area contributed by atoms with E-state index < -0.39 is 14.8 Å². The van der Waals surface area contributed by atoms with Crippen LogP contribution in [0.2, 0.25) is 0 Å². The number of anilines is 1. The molecule has 0 atom stereocenters. The van der Waals surface area contributed by atoms with Crippen molar-refractivity contribution in [2.24, 2.45) is 0 Å². The number of non-ortho nitro benzene ring substituents is 1. The lowest BCUT2D eigenvalue weighted by atomic mass is 9.85. The lowest BCUT2D eigenvalue weighted by molar-refractivity contribution is -0.385. The maximum atomic E-state index is 12.0. The van der Waals surface area contributed by atoms with E-state index in [4.69, 9.17) is 0 Å². The number of nitro benzene ring substituents is 1. The van der Waals surface area contributed by atoms with Gasteiger partial charge in [0.15, 0.2) is 9.84 Å². The first-order chi connectivity index (χ1) is 11.1. The first-order valence-electron chi connectivity index (χ1n) is 7.24. The lowest BCUT2D eigenvalue weighted by Crippen LogP contribution is -2.28. The number of aromatic nitrogens is 1. The third-order valence-electron chi connectivity index (χ3n) is 3.76. The highest BCUT2D eigenvalue weighted by atomic mass is 32.2. The van der Waals surface area contributed by atoms with E-state index in [9.17, 15) is 18.5 Å². The van der Waals surface area contributed by atoms with E-state index in [0.29, 0.717) is 12.2 Å². The van der Waals surface area contributed by atoms with Crippen molar-refractivity contribution in [2.45, 2.75) is 24.2 Å². The molecular weight excluding hydrogens is 330 g/mol. The summed E-state index contributed by atoms with van der Waals surface area (Å²) in [4.78, 5) is 14.2. The van der Waals surface area contributed by atoms with Gasteiger partial charge in [0, 0.05) is 42.7 Å². The molecule has 24 heavy (non-hydrogen) atoms. The smallest absolute Gasteiger partial charge is 0.270 e. The van der Waals surface area contributed by atoms with E-state index in [2.05, 4.69) is 10.3 Å². The van der Waals surface area contributed by atoms with Gasteiger partial charge in [0.2, 0.25) is 0 Å². The zero-order valence-electron chi connectivity index (χ0n) is 13.7. The van der Waals surface area contributed by atoms with Crippen LogP contribution in [0.15, 0.2) is 47.6 Å². The first-order valence-corrected chi connectivity index (χ1v) is 9.13. The van der Waals surface area contributed by atoms with Gasteiger partial charge in [0.05, 0.1) is 15.5 Å². The number of nitro groups is 1. The predicted octanol–water partition coefficient (Wildman–Crippen LogP) is 2.78. The van der Waals surface area contributed by atoms with Crippen molar-refractivity contribution in [1.29, 1.82) is 0 Å². The molecule has 0 saturated heterocycles.